The first-order valence-corrected chi connectivity index (χ1v) is 7.81. The lowest BCUT2D eigenvalue weighted by molar-refractivity contribution is 0.136. The van der Waals surface area contributed by atoms with Crippen LogP contribution in [-0.4, -0.2) is 38.2 Å². The first-order chi connectivity index (χ1) is 9.75. The zero-order valence-corrected chi connectivity index (χ0v) is 15.0. The Kier molecular flexibility index (Phi) is 6.24. The molecule has 1 aromatic carbocycles. The maximum atomic E-state index is 5.68. The SMILES string of the molecule is CCCNC(c1c(C)cc(C)cc1OC)C(C)(C)N(C)C. The van der Waals surface area contributed by atoms with Gasteiger partial charge in [-0.05, 0) is 71.9 Å². The maximum Gasteiger partial charge on any atom is 0.124 e. The van der Waals surface area contributed by atoms with Crippen LogP contribution in [0.5, 0.6) is 5.75 Å². The highest BCUT2D eigenvalue weighted by Crippen LogP contribution is 2.37. The lowest BCUT2D eigenvalue weighted by atomic mass is 9.84. The zero-order chi connectivity index (χ0) is 16.2. The zero-order valence-electron chi connectivity index (χ0n) is 15.0. The molecule has 1 aromatic rings. The van der Waals surface area contributed by atoms with Gasteiger partial charge in [0.2, 0.25) is 0 Å². The number of methoxy groups -OCH3 is 1. The summed E-state index contributed by atoms with van der Waals surface area (Å²) in [6.07, 6.45) is 1.12. The third-order valence-corrected chi connectivity index (χ3v) is 4.46. The van der Waals surface area contributed by atoms with Crippen molar-refractivity contribution < 1.29 is 4.74 Å². The fourth-order valence-corrected chi connectivity index (χ4v) is 2.73. The van der Waals surface area contributed by atoms with Crippen LogP contribution in [0.15, 0.2) is 12.1 Å². The average Bonchev–Trinajstić information content (AvgIpc) is 2.40. The van der Waals surface area contributed by atoms with Crippen LogP contribution in [0.3, 0.4) is 0 Å². The molecule has 0 bridgehead atoms. The minimum Gasteiger partial charge on any atom is -0.496 e. The Bertz CT molecular complexity index is 467. The van der Waals surface area contributed by atoms with Gasteiger partial charge >= 0.3 is 0 Å². The van der Waals surface area contributed by atoms with Crippen molar-refractivity contribution in [3.05, 3.63) is 28.8 Å². The summed E-state index contributed by atoms with van der Waals surface area (Å²) >= 11 is 0. The summed E-state index contributed by atoms with van der Waals surface area (Å²) in [5, 5.41) is 3.72. The number of hydrogen-bond donors (Lipinski definition) is 1. The molecule has 0 saturated carbocycles. The van der Waals surface area contributed by atoms with Crippen molar-refractivity contribution in [1.82, 2.24) is 10.2 Å². The normalized spacial score (nSPS) is 13.6. The van der Waals surface area contributed by atoms with Crippen molar-refractivity contribution in [2.45, 2.75) is 52.6 Å². The molecular formula is C18H32N2O. The fraction of sp³-hybridized carbons (Fsp3) is 0.667. The predicted octanol–water partition coefficient (Wildman–Crippen LogP) is 3.69. The van der Waals surface area contributed by atoms with Gasteiger partial charge in [0, 0.05) is 11.1 Å². The van der Waals surface area contributed by atoms with Crippen LogP contribution < -0.4 is 10.1 Å². The Balaban J connectivity index is 3.39. The van der Waals surface area contributed by atoms with E-state index in [2.05, 4.69) is 71.1 Å². The Morgan fingerprint density at radius 1 is 1.24 bits per heavy atom. The molecule has 1 N–H and O–H groups in total. The van der Waals surface area contributed by atoms with Gasteiger partial charge in [0.15, 0.2) is 0 Å². The first kappa shape index (κ1) is 18.0. The molecule has 21 heavy (non-hydrogen) atoms. The number of ether oxygens (including phenoxy) is 1. The second-order valence-electron chi connectivity index (χ2n) is 6.63. The van der Waals surface area contributed by atoms with Gasteiger partial charge in [-0.2, -0.15) is 0 Å². The molecule has 1 rings (SSSR count). The lowest BCUT2D eigenvalue weighted by Gasteiger charge is -2.42. The average molecular weight is 292 g/mol. The Hall–Kier alpha value is -1.06. The molecule has 0 aliphatic rings. The van der Waals surface area contributed by atoms with Gasteiger partial charge in [-0.25, -0.2) is 0 Å². The molecule has 0 aliphatic carbocycles. The van der Waals surface area contributed by atoms with Gasteiger partial charge in [-0.15, -0.1) is 0 Å². The standard InChI is InChI=1S/C18H32N2O/c1-9-10-19-17(18(4,5)20(6)7)16-14(3)11-13(2)12-15(16)21-8/h11-12,17,19H,9-10H2,1-8H3. The molecule has 1 atom stereocenters. The van der Waals surface area contributed by atoms with Crippen LogP contribution in [0, 0.1) is 13.8 Å². The van der Waals surface area contributed by atoms with Gasteiger partial charge in [0.05, 0.1) is 13.2 Å². The van der Waals surface area contributed by atoms with E-state index >= 15 is 0 Å². The summed E-state index contributed by atoms with van der Waals surface area (Å²) in [4.78, 5) is 2.28. The third-order valence-electron chi connectivity index (χ3n) is 4.46. The van der Waals surface area contributed by atoms with Crippen molar-refractivity contribution >= 4 is 0 Å². The molecular weight excluding hydrogens is 260 g/mol. The number of rotatable bonds is 7. The van der Waals surface area contributed by atoms with Crippen LogP contribution in [0.1, 0.15) is 49.9 Å². The number of aryl methyl sites for hydroxylation is 2. The van der Waals surface area contributed by atoms with Crippen LogP contribution in [0.25, 0.3) is 0 Å². The van der Waals surface area contributed by atoms with Crippen molar-refractivity contribution in [3.8, 4) is 5.75 Å². The molecule has 0 fully saturated rings. The van der Waals surface area contributed by atoms with Crippen LogP contribution in [0.2, 0.25) is 0 Å². The molecule has 120 valence electrons. The molecule has 0 radical (unpaired) electrons. The second kappa shape index (κ2) is 7.28. The Labute approximate surface area is 130 Å². The minimum atomic E-state index is -0.0114. The van der Waals surface area contributed by atoms with Gasteiger partial charge < -0.3 is 15.0 Å². The van der Waals surface area contributed by atoms with E-state index in [-0.39, 0.29) is 11.6 Å². The highest BCUT2D eigenvalue weighted by Gasteiger charge is 2.35. The van der Waals surface area contributed by atoms with Gasteiger partial charge in [-0.3, -0.25) is 0 Å². The van der Waals surface area contributed by atoms with Crippen molar-refractivity contribution in [2.24, 2.45) is 0 Å². The molecule has 0 heterocycles. The molecule has 0 amide bonds. The first-order valence-electron chi connectivity index (χ1n) is 7.81. The molecule has 0 aliphatic heterocycles. The number of nitrogens with one attached hydrogen (secondary N) is 1. The van der Waals surface area contributed by atoms with Crippen LogP contribution in [-0.2, 0) is 0 Å². The van der Waals surface area contributed by atoms with E-state index in [4.69, 9.17) is 4.74 Å². The van der Waals surface area contributed by atoms with E-state index in [9.17, 15) is 0 Å². The molecule has 3 heteroatoms. The second-order valence-corrected chi connectivity index (χ2v) is 6.63. The van der Waals surface area contributed by atoms with Gasteiger partial charge in [-0.1, -0.05) is 13.0 Å². The third kappa shape index (κ3) is 3.98. The highest BCUT2D eigenvalue weighted by molar-refractivity contribution is 5.46. The van der Waals surface area contributed by atoms with Crippen LogP contribution >= 0.6 is 0 Å². The van der Waals surface area contributed by atoms with Crippen LogP contribution in [0.4, 0.5) is 0 Å². The number of nitrogens with zero attached hydrogens (tertiary/aromatic N) is 1. The Morgan fingerprint density at radius 2 is 1.86 bits per heavy atom. The quantitative estimate of drug-likeness (QED) is 0.829. The maximum absolute atomic E-state index is 5.68. The minimum absolute atomic E-state index is 0.0114. The van der Waals surface area contributed by atoms with E-state index in [0.29, 0.717) is 0 Å². The van der Waals surface area contributed by atoms with Crippen molar-refractivity contribution in [3.63, 3.8) is 0 Å². The van der Waals surface area contributed by atoms with E-state index in [1.807, 2.05) is 0 Å². The van der Waals surface area contributed by atoms with Gasteiger partial charge in [0.1, 0.15) is 5.75 Å². The van der Waals surface area contributed by atoms with Gasteiger partial charge in [0.25, 0.3) is 0 Å². The monoisotopic (exact) mass is 292 g/mol. The number of hydrogen-bond acceptors (Lipinski definition) is 3. The van der Waals surface area contributed by atoms with Crippen molar-refractivity contribution in [1.29, 1.82) is 0 Å². The van der Waals surface area contributed by atoms with E-state index in [0.717, 1.165) is 18.7 Å². The summed E-state index contributed by atoms with van der Waals surface area (Å²) in [6, 6.07) is 4.60. The molecule has 0 saturated heterocycles. The summed E-state index contributed by atoms with van der Waals surface area (Å²) in [5.41, 5.74) is 3.79. The fourth-order valence-electron chi connectivity index (χ4n) is 2.73. The predicted molar refractivity (Wildman–Crippen MR) is 91.3 cm³/mol. The van der Waals surface area contributed by atoms with Crippen molar-refractivity contribution in [2.75, 3.05) is 27.7 Å². The topological polar surface area (TPSA) is 24.5 Å². The number of benzene rings is 1. The Morgan fingerprint density at radius 3 is 2.33 bits per heavy atom. The summed E-state index contributed by atoms with van der Waals surface area (Å²) in [7, 11) is 6.03. The molecule has 0 aromatic heterocycles. The largest absolute Gasteiger partial charge is 0.496 e. The summed E-state index contributed by atoms with van der Waals surface area (Å²) in [5.74, 6) is 0.982. The van der Waals surface area contributed by atoms with E-state index in [1.54, 1.807) is 7.11 Å². The smallest absolute Gasteiger partial charge is 0.124 e. The number of likely N-dealkylation sites (N-methyl/N-ethyl adjacent to an activating group) is 1. The lowest BCUT2D eigenvalue weighted by Crippen LogP contribution is -2.49. The summed E-state index contributed by atoms with van der Waals surface area (Å²) < 4.78 is 5.68. The molecule has 0 spiro atoms. The molecule has 1 unspecified atom stereocenters. The highest BCUT2D eigenvalue weighted by atomic mass is 16.5. The van der Waals surface area contributed by atoms with E-state index in [1.165, 1.54) is 16.7 Å². The summed E-state index contributed by atoms with van der Waals surface area (Å²) in [6.45, 7) is 12.0. The van der Waals surface area contributed by atoms with E-state index < -0.39 is 0 Å². The molecule has 3 nitrogen and oxygen atoms in total.